The molecule has 3 rings (SSSR count). The molecule has 2 aromatic carbocycles. The molecule has 0 aromatic heterocycles. The van der Waals surface area contributed by atoms with E-state index in [1.807, 2.05) is 65.0 Å². The predicted molar refractivity (Wildman–Crippen MR) is 159 cm³/mol. The van der Waals surface area contributed by atoms with E-state index in [1.54, 1.807) is 6.07 Å². The number of benzene rings is 2. The second kappa shape index (κ2) is 13.9. The minimum Gasteiger partial charge on any atom is -0.454 e. The van der Waals surface area contributed by atoms with Crippen LogP contribution in [0.5, 0.6) is 11.5 Å². The van der Waals surface area contributed by atoms with Crippen LogP contribution in [-0.4, -0.2) is 73.8 Å². The van der Waals surface area contributed by atoms with Crippen LogP contribution in [0.3, 0.4) is 0 Å². The minimum absolute atomic E-state index is 0.00826. The highest BCUT2D eigenvalue weighted by Gasteiger charge is 2.37. The summed E-state index contributed by atoms with van der Waals surface area (Å²) in [6.45, 7) is 10.6. The molecule has 0 saturated carbocycles. The van der Waals surface area contributed by atoms with Gasteiger partial charge in [0.1, 0.15) is 6.04 Å². The fourth-order valence-corrected chi connectivity index (χ4v) is 6.20. The first-order chi connectivity index (χ1) is 19.6. The van der Waals surface area contributed by atoms with Crippen LogP contribution >= 0.6 is 0 Å². The number of aliphatic hydroxyl groups excluding tert-OH is 1. The number of nitrogens with zero attached hydrogens (tertiary/aromatic N) is 1. The van der Waals surface area contributed by atoms with E-state index < -0.39 is 51.5 Å². The molecule has 4 unspecified atom stereocenters. The van der Waals surface area contributed by atoms with Crippen molar-refractivity contribution in [2.24, 2.45) is 17.1 Å². The molecule has 42 heavy (non-hydrogen) atoms. The highest BCUT2D eigenvalue weighted by Crippen LogP contribution is 2.35. The third kappa shape index (κ3) is 8.66. The van der Waals surface area contributed by atoms with Crippen molar-refractivity contribution in [3.05, 3.63) is 54.1 Å². The fourth-order valence-electron chi connectivity index (χ4n) is 4.57. The van der Waals surface area contributed by atoms with E-state index in [9.17, 15) is 23.1 Å². The van der Waals surface area contributed by atoms with E-state index in [0.717, 1.165) is 5.56 Å². The molecule has 232 valence electrons. The summed E-state index contributed by atoms with van der Waals surface area (Å²) >= 11 is 0. The number of nitrogens with two attached hydrogens (primary N) is 1. The van der Waals surface area contributed by atoms with Gasteiger partial charge in [0.2, 0.25) is 28.6 Å². The van der Waals surface area contributed by atoms with E-state index >= 15 is 0 Å². The quantitative estimate of drug-likeness (QED) is 0.270. The Morgan fingerprint density at radius 3 is 2.21 bits per heavy atom. The number of amides is 2. The molecule has 0 radical (unpaired) electrons. The van der Waals surface area contributed by atoms with Crippen LogP contribution in [0.2, 0.25) is 0 Å². The normalized spacial score (nSPS) is 16.1. The number of carbonyl (C=O) groups is 2. The second-order valence-electron chi connectivity index (χ2n) is 12.2. The summed E-state index contributed by atoms with van der Waals surface area (Å²) in [5, 5.41) is 17.2. The lowest BCUT2D eigenvalue weighted by molar-refractivity contribution is -0.133. The summed E-state index contributed by atoms with van der Waals surface area (Å²) in [5.41, 5.74) is 5.89. The highest BCUT2D eigenvalue weighted by molar-refractivity contribution is 7.89. The minimum atomic E-state index is -4.06. The van der Waals surface area contributed by atoms with E-state index in [4.69, 9.17) is 15.2 Å². The zero-order chi connectivity index (χ0) is 31.2. The smallest absolute Gasteiger partial charge is 0.243 e. The molecule has 12 heteroatoms. The summed E-state index contributed by atoms with van der Waals surface area (Å²) in [6.07, 6.45) is -1.06. The van der Waals surface area contributed by atoms with Gasteiger partial charge >= 0.3 is 0 Å². The van der Waals surface area contributed by atoms with Crippen LogP contribution in [0.1, 0.15) is 47.1 Å². The van der Waals surface area contributed by atoms with Crippen LogP contribution in [0.15, 0.2) is 53.4 Å². The zero-order valence-electron chi connectivity index (χ0n) is 25.2. The number of carbonyl (C=O) groups excluding carboxylic acids is 2. The second-order valence-corrected chi connectivity index (χ2v) is 14.1. The van der Waals surface area contributed by atoms with Crippen LogP contribution < -0.4 is 25.8 Å². The van der Waals surface area contributed by atoms with Gasteiger partial charge in [-0.1, -0.05) is 65.0 Å². The van der Waals surface area contributed by atoms with Crippen LogP contribution in [0, 0.1) is 11.3 Å². The van der Waals surface area contributed by atoms with Gasteiger partial charge in [0.05, 0.1) is 23.1 Å². The number of nitrogens with one attached hydrogen (secondary N) is 2. The summed E-state index contributed by atoms with van der Waals surface area (Å²) in [7, 11) is -4.06. The lowest BCUT2D eigenvalue weighted by Crippen LogP contribution is -2.60. The molecular formula is C30H44N4O7S. The first kappa shape index (κ1) is 33.3. The molecule has 0 aliphatic carbocycles. The molecule has 1 aliphatic heterocycles. The van der Waals surface area contributed by atoms with Gasteiger partial charge in [-0.3, -0.25) is 9.59 Å². The number of sulfonamides is 1. The third-order valence-electron chi connectivity index (χ3n) is 6.86. The maximum Gasteiger partial charge on any atom is 0.243 e. The summed E-state index contributed by atoms with van der Waals surface area (Å²) in [5.74, 6) is -0.257. The SMILES string of the molecule is CC(C)CN(CC(O)C(Cc1ccccc1)NC(=O)C(NC(=O)C(C)N)C(C)(C)C)S(=O)(=O)c1ccc2c(c1)OCO2. The Balaban J connectivity index is 1.91. The Morgan fingerprint density at radius 2 is 1.62 bits per heavy atom. The van der Waals surface area contributed by atoms with Crippen molar-refractivity contribution < 1.29 is 32.6 Å². The van der Waals surface area contributed by atoms with Gasteiger partial charge in [-0.2, -0.15) is 4.31 Å². The lowest BCUT2D eigenvalue weighted by Gasteiger charge is -2.35. The number of rotatable bonds is 13. The monoisotopic (exact) mass is 604 g/mol. The molecule has 1 heterocycles. The maximum atomic E-state index is 13.8. The average Bonchev–Trinajstić information content (AvgIpc) is 3.38. The molecule has 1 aliphatic rings. The Kier molecular flexibility index (Phi) is 11.0. The first-order valence-electron chi connectivity index (χ1n) is 14.1. The summed E-state index contributed by atoms with van der Waals surface area (Å²) in [4.78, 5) is 26.0. The van der Waals surface area contributed by atoms with Gasteiger partial charge in [-0.15, -0.1) is 0 Å². The number of hydrogen-bond donors (Lipinski definition) is 4. The Labute approximate surface area is 248 Å². The van der Waals surface area contributed by atoms with Crippen LogP contribution in [0.4, 0.5) is 0 Å². The van der Waals surface area contributed by atoms with Gasteiger partial charge in [0, 0.05) is 19.2 Å². The molecule has 2 aromatic rings. The zero-order valence-corrected chi connectivity index (χ0v) is 26.0. The summed E-state index contributed by atoms with van der Waals surface area (Å²) in [6, 6.07) is 11.0. The van der Waals surface area contributed by atoms with E-state index in [1.165, 1.54) is 23.4 Å². The topological polar surface area (TPSA) is 160 Å². The van der Waals surface area contributed by atoms with Gasteiger partial charge in [-0.05, 0) is 42.4 Å². The highest BCUT2D eigenvalue weighted by atomic mass is 32.2. The molecule has 0 bridgehead atoms. The largest absolute Gasteiger partial charge is 0.454 e. The van der Waals surface area contributed by atoms with Crippen molar-refractivity contribution in [3.8, 4) is 11.5 Å². The van der Waals surface area contributed by atoms with Crippen molar-refractivity contribution in [1.29, 1.82) is 0 Å². The van der Waals surface area contributed by atoms with Gasteiger partial charge in [-0.25, -0.2) is 8.42 Å². The maximum absolute atomic E-state index is 13.8. The first-order valence-corrected chi connectivity index (χ1v) is 15.5. The van der Waals surface area contributed by atoms with Crippen LogP contribution in [0.25, 0.3) is 0 Å². The lowest BCUT2D eigenvalue weighted by atomic mass is 9.85. The molecule has 4 atom stereocenters. The third-order valence-corrected chi connectivity index (χ3v) is 8.69. The Hall–Kier alpha value is -3.19. The molecule has 0 spiro atoms. The summed E-state index contributed by atoms with van der Waals surface area (Å²) < 4.78 is 39.5. The molecule has 11 nitrogen and oxygen atoms in total. The van der Waals surface area contributed by atoms with Gasteiger partial charge in [0.15, 0.2) is 11.5 Å². The van der Waals surface area contributed by atoms with Gasteiger partial charge < -0.3 is 30.9 Å². The van der Waals surface area contributed by atoms with Gasteiger partial charge in [0.25, 0.3) is 0 Å². The Morgan fingerprint density at radius 1 is 0.976 bits per heavy atom. The van der Waals surface area contributed by atoms with Crippen molar-refractivity contribution in [1.82, 2.24) is 14.9 Å². The predicted octanol–water partition coefficient (Wildman–Crippen LogP) is 2.03. The molecular weight excluding hydrogens is 560 g/mol. The fraction of sp³-hybridized carbons (Fsp3) is 0.533. The average molecular weight is 605 g/mol. The van der Waals surface area contributed by atoms with Crippen molar-refractivity contribution in [3.63, 3.8) is 0 Å². The Bertz CT molecular complexity index is 1330. The molecule has 0 saturated heterocycles. The number of hydrogen-bond acceptors (Lipinski definition) is 8. The number of ether oxygens (including phenoxy) is 2. The molecule has 0 fully saturated rings. The molecule has 2 amide bonds. The van der Waals surface area contributed by atoms with Crippen molar-refractivity contribution in [2.45, 2.75) is 77.1 Å². The van der Waals surface area contributed by atoms with E-state index in [2.05, 4.69) is 10.6 Å². The van der Waals surface area contributed by atoms with Crippen molar-refractivity contribution in [2.75, 3.05) is 19.9 Å². The number of fused-ring (bicyclic) bond motifs is 1. The van der Waals surface area contributed by atoms with Crippen LogP contribution in [-0.2, 0) is 26.0 Å². The van der Waals surface area contributed by atoms with E-state index in [-0.39, 0.29) is 37.1 Å². The standard InChI is InChI=1S/C30H44N4O7S/c1-19(2)16-34(42(38,39)22-12-13-25-26(15-22)41-18-40-25)17-24(35)23(14-21-10-8-7-9-11-21)32-29(37)27(30(4,5)6)33-28(36)20(3)31/h7-13,15,19-20,23-24,27,35H,14,16-18,31H2,1-6H3,(H,32,37)(H,33,36). The molecule has 5 N–H and O–H groups in total. The number of aliphatic hydroxyl groups is 1. The van der Waals surface area contributed by atoms with Crippen molar-refractivity contribution >= 4 is 21.8 Å². The van der Waals surface area contributed by atoms with E-state index in [0.29, 0.717) is 11.5 Å².